The van der Waals surface area contributed by atoms with E-state index in [2.05, 4.69) is 13.8 Å². The Kier molecular flexibility index (Phi) is 6.64. The lowest BCUT2D eigenvalue weighted by Crippen LogP contribution is -2.44. The normalized spacial score (nSPS) is 17.8. The summed E-state index contributed by atoms with van der Waals surface area (Å²) in [5, 5.41) is 8.91. The van der Waals surface area contributed by atoms with E-state index in [-0.39, 0.29) is 18.4 Å². The van der Waals surface area contributed by atoms with Crippen molar-refractivity contribution in [3.63, 3.8) is 0 Å². The van der Waals surface area contributed by atoms with Gasteiger partial charge in [0, 0.05) is 24.6 Å². The summed E-state index contributed by atoms with van der Waals surface area (Å²) in [6.45, 7) is 5.47. The first kappa shape index (κ1) is 18.3. The van der Waals surface area contributed by atoms with Crippen LogP contribution in [0.1, 0.15) is 56.3 Å². The van der Waals surface area contributed by atoms with Crippen molar-refractivity contribution in [1.82, 2.24) is 4.90 Å². The summed E-state index contributed by atoms with van der Waals surface area (Å²) >= 11 is 0. The van der Waals surface area contributed by atoms with Gasteiger partial charge in [-0.2, -0.15) is 0 Å². The molecule has 0 aromatic heterocycles. The van der Waals surface area contributed by atoms with E-state index in [1.165, 1.54) is 0 Å². The zero-order chi connectivity index (χ0) is 17.5. The number of hydrogen-bond donors (Lipinski definition) is 1. The number of hydrogen-bond acceptors (Lipinski definition) is 3. The maximum Gasteiger partial charge on any atom is 0.303 e. The molecular weight excluding hydrogens is 306 g/mol. The number of likely N-dealkylation sites (tertiary alicyclic amines) is 1. The molecule has 1 saturated heterocycles. The summed E-state index contributed by atoms with van der Waals surface area (Å²) in [7, 11) is 0. The third kappa shape index (κ3) is 5.25. The third-order valence-electron chi connectivity index (χ3n) is 4.24. The number of aliphatic carboxylic acids is 1. The van der Waals surface area contributed by atoms with Crippen LogP contribution in [-0.2, 0) is 4.79 Å². The fourth-order valence-corrected chi connectivity index (χ4v) is 3.01. The quantitative estimate of drug-likeness (QED) is 0.828. The van der Waals surface area contributed by atoms with Crippen molar-refractivity contribution in [2.45, 2.75) is 52.0 Å². The second kappa shape index (κ2) is 8.71. The molecule has 0 radical (unpaired) electrons. The van der Waals surface area contributed by atoms with Gasteiger partial charge in [-0.3, -0.25) is 9.59 Å². The first-order valence-corrected chi connectivity index (χ1v) is 8.73. The van der Waals surface area contributed by atoms with Gasteiger partial charge in [-0.25, -0.2) is 0 Å². The molecule has 5 nitrogen and oxygen atoms in total. The number of nitrogens with zero attached hydrogens (tertiary/aromatic N) is 1. The lowest BCUT2D eigenvalue weighted by Gasteiger charge is -2.35. The number of carboxylic acid groups (broad SMARTS) is 1. The molecule has 132 valence electrons. The molecule has 1 heterocycles. The molecule has 0 spiro atoms. The SMILES string of the molecule is CC(C)COc1cccc(C(=O)N2CCCCC2CCC(=O)O)c1. The van der Waals surface area contributed by atoms with Crippen molar-refractivity contribution in [1.29, 1.82) is 0 Å². The van der Waals surface area contributed by atoms with E-state index in [4.69, 9.17) is 9.84 Å². The van der Waals surface area contributed by atoms with Gasteiger partial charge in [-0.1, -0.05) is 19.9 Å². The predicted octanol–water partition coefficient (Wildman–Crippen LogP) is 3.58. The Labute approximate surface area is 143 Å². The molecule has 5 heteroatoms. The molecule has 0 aliphatic carbocycles. The zero-order valence-corrected chi connectivity index (χ0v) is 14.5. The highest BCUT2D eigenvalue weighted by Crippen LogP contribution is 2.24. The van der Waals surface area contributed by atoms with Crippen molar-refractivity contribution < 1.29 is 19.4 Å². The molecule has 1 atom stereocenters. The van der Waals surface area contributed by atoms with Crippen molar-refractivity contribution in [2.75, 3.05) is 13.2 Å². The Hall–Kier alpha value is -2.04. The van der Waals surface area contributed by atoms with E-state index in [0.717, 1.165) is 19.3 Å². The molecule has 0 saturated carbocycles. The van der Waals surface area contributed by atoms with Crippen LogP contribution in [0.15, 0.2) is 24.3 Å². The summed E-state index contributed by atoms with van der Waals surface area (Å²) < 4.78 is 5.70. The highest BCUT2D eigenvalue weighted by atomic mass is 16.5. The minimum atomic E-state index is -0.808. The summed E-state index contributed by atoms with van der Waals surface area (Å²) in [6, 6.07) is 7.29. The molecule has 1 fully saturated rings. The number of carbonyl (C=O) groups is 2. The molecule has 1 aromatic rings. The molecular formula is C19H27NO4. The van der Waals surface area contributed by atoms with Crippen LogP contribution in [0.2, 0.25) is 0 Å². The zero-order valence-electron chi connectivity index (χ0n) is 14.5. The smallest absolute Gasteiger partial charge is 0.303 e. The molecule has 1 amide bonds. The van der Waals surface area contributed by atoms with Crippen molar-refractivity contribution in [3.05, 3.63) is 29.8 Å². The highest BCUT2D eigenvalue weighted by molar-refractivity contribution is 5.95. The van der Waals surface area contributed by atoms with Crippen molar-refractivity contribution in [2.24, 2.45) is 5.92 Å². The molecule has 1 aliphatic heterocycles. The topological polar surface area (TPSA) is 66.8 Å². The number of piperidine rings is 1. The fraction of sp³-hybridized carbons (Fsp3) is 0.579. The van der Waals surface area contributed by atoms with Crippen LogP contribution in [0.3, 0.4) is 0 Å². The first-order valence-electron chi connectivity index (χ1n) is 8.73. The van der Waals surface area contributed by atoms with Gasteiger partial charge < -0.3 is 14.7 Å². The number of amides is 1. The Morgan fingerprint density at radius 1 is 1.33 bits per heavy atom. The van der Waals surface area contributed by atoms with Crippen LogP contribution in [-0.4, -0.2) is 41.1 Å². The van der Waals surface area contributed by atoms with E-state index in [9.17, 15) is 9.59 Å². The summed E-state index contributed by atoms with van der Waals surface area (Å²) in [4.78, 5) is 25.5. The van der Waals surface area contributed by atoms with Crippen molar-refractivity contribution in [3.8, 4) is 5.75 Å². The Balaban J connectivity index is 2.07. The van der Waals surface area contributed by atoms with E-state index >= 15 is 0 Å². The summed E-state index contributed by atoms with van der Waals surface area (Å²) in [6.07, 6.45) is 3.52. The second-order valence-corrected chi connectivity index (χ2v) is 6.81. The van der Waals surface area contributed by atoms with Crippen LogP contribution < -0.4 is 4.74 Å². The number of benzene rings is 1. The van der Waals surface area contributed by atoms with Gasteiger partial charge in [0.15, 0.2) is 0 Å². The maximum atomic E-state index is 12.9. The maximum absolute atomic E-state index is 12.9. The first-order chi connectivity index (χ1) is 11.5. The highest BCUT2D eigenvalue weighted by Gasteiger charge is 2.27. The second-order valence-electron chi connectivity index (χ2n) is 6.81. The predicted molar refractivity (Wildman–Crippen MR) is 92.3 cm³/mol. The Morgan fingerprint density at radius 3 is 2.83 bits per heavy atom. The average Bonchev–Trinajstić information content (AvgIpc) is 2.58. The molecule has 2 rings (SSSR count). The molecule has 24 heavy (non-hydrogen) atoms. The van der Waals surface area contributed by atoms with E-state index in [0.29, 0.717) is 36.8 Å². The van der Waals surface area contributed by atoms with Gasteiger partial charge in [0.05, 0.1) is 6.61 Å². The van der Waals surface area contributed by atoms with Crippen LogP contribution in [0.4, 0.5) is 0 Å². The summed E-state index contributed by atoms with van der Waals surface area (Å²) in [5.74, 6) is 0.289. The summed E-state index contributed by atoms with van der Waals surface area (Å²) in [5.41, 5.74) is 0.610. The number of ether oxygens (including phenoxy) is 1. The van der Waals surface area contributed by atoms with E-state index in [1.807, 2.05) is 17.0 Å². The van der Waals surface area contributed by atoms with Gasteiger partial charge in [-0.05, 0) is 49.8 Å². The largest absolute Gasteiger partial charge is 0.493 e. The van der Waals surface area contributed by atoms with Crippen LogP contribution in [0, 0.1) is 5.92 Å². The fourth-order valence-electron chi connectivity index (χ4n) is 3.01. The van der Waals surface area contributed by atoms with Crippen molar-refractivity contribution >= 4 is 11.9 Å². The molecule has 1 aromatic carbocycles. The monoisotopic (exact) mass is 333 g/mol. The Bertz CT molecular complexity index is 570. The molecule has 0 bridgehead atoms. The van der Waals surface area contributed by atoms with Gasteiger partial charge in [-0.15, -0.1) is 0 Å². The number of rotatable bonds is 7. The molecule has 1 N–H and O–H groups in total. The van der Waals surface area contributed by atoms with Gasteiger partial charge >= 0.3 is 5.97 Å². The average molecular weight is 333 g/mol. The Morgan fingerprint density at radius 2 is 2.12 bits per heavy atom. The third-order valence-corrected chi connectivity index (χ3v) is 4.24. The number of carbonyl (C=O) groups excluding carboxylic acids is 1. The van der Waals surface area contributed by atoms with Gasteiger partial charge in [0.1, 0.15) is 5.75 Å². The van der Waals surface area contributed by atoms with Crippen LogP contribution >= 0.6 is 0 Å². The van der Waals surface area contributed by atoms with E-state index < -0.39 is 5.97 Å². The van der Waals surface area contributed by atoms with Gasteiger partial charge in [0.2, 0.25) is 0 Å². The molecule has 1 aliphatic rings. The van der Waals surface area contributed by atoms with Crippen LogP contribution in [0.5, 0.6) is 5.75 Å². The lowest BCUT2D eigenvalue weighted by molar-refractivity contribution is -0.137. The minimum Gasteiger partial charge on any atom is -0.493 e. The van der Waals surface area contributed by atoms with Gasteiger partial charge in [0.25, 0.3) is 5.91 Å². The standard InChI is InChI=1S/C19H27NO4/c1-14(2)13-24-17-8-5-6-15(12-17)19(23)20-11-4-3-7-16(20)9-10-18(21)22/h5-6,8,12,14,16H,3-4,7,9-11,13H2,1-2H3,(H,21,22). The van der Waals surface area contributed by atoms with Crippen LogP contribution in [0.25, 0.3) is 0 Å². The molecule has 1 unspecified atom stereocenters. The van der Waals surface area contributed by atoms with E-state index in [1.54, 1.807) is 12.1 Å². The minimum absolute atomic E-state index is 0.0163. The lowest BCUT2D eigenvalue weighted by atomic mass is 9.97. The number of carboxylic acids is 1.